The van der Waals surface area contributed by atoms with Gasteiger partial charge < -0.3 is 10.2 Å². The maximum absolute atomic E-state index is 12.5. The van der Waals surface area contributed by atoms with Crippen LogP contribution >= 0.6 is 0 Å². The second-order valence-electron chi connectivity index (χ2n) is 5.62. The minimum atomic E-state index is -2.08. The normalized spacial score (nSPS) is 22.8. The van der Waals surface area contributed by atoms with E-state index in [1.807, 2.05) is 0 Å². The number of Topliss-reactive ketones (excluding diaryl/α,β-unsaturated/α-hetero) is 2. The molecule has 120 valence electrons. The van der Waals surface area contributed by atoms with E-state index in [1.54, 1.807) is 60.7 Å². The Hall–Kier alpha value is -2.82. The van der Waals surface area contributed by atoms with Gasteiger partial charge in [-0.3, -0.25) is 9.59 Å². The molecule has 2 aromatic carbocycles. The molecule has 2 unspecified atom stereocenters. The number of hydrogen-bond acceptors (Lipinski definition) is 4. The zero-order chi connectivity index (χ0) is 17.2. The molecule has 0 aromatic heterocycles. The minimum Gasteiger partial charge on any atom is -0.385 e. The lowest BCUT2D eigenvalue weighted by molar-refractivity contribution is -0.00306. The van der Waals surface area contributed by atoms with Crippen molar-refractivity contribution in [1.29, 1.82) is 0 Å². The molecule has 4 heteroatoms. The van der Waals surface area contributed by atoms with Crippen LogP contribution in [0, 0.1) is 0 Å². The van der Waals surface area contributed by atoms with Gasteiger partial charge in [0, 0.05) is 16.7 Å². The first kappa shape index (κ1) is 16.1. The summed E-state index contributed by atoms with van der Waals surface area (Å²) in [6.45, 7) is 0. The van der Waals surface area contributed by atoms with E-state index in [2.05, 4.69) is 0 Å². The number of hydrogen-bond donors (Lipinski definition) is 2. The van der Waals surface area contributed by atoms with E-state index in [4.69, 9.17) is 0 Å². The number of aliphatic hydroxyl groups is 2. The first-order chi connectivity index (χ1) is 11.5. The summed E-state index contributed by atoms with van der Waals surface area (Å²) >= 11 is 0. The Morgan fingerprint density at radius 3 is 1.96 bits per heavy atom. The smallest absolute Gasteiger partial charge is 0.201 e. The molecule has 0 aliphatic heterocycles. The Bertz CT molecular complexity index is 821. The summed E-state index contributed by atoms with van der Waals surface area (Å²) in [4.78, 5) is 24.9. The Morgan fingerprint density at radius 2 is 1.42 bits per heavy atom. The number of aliphatic hydroxyl groups excluding tert-OH is 1. The average Bonchev–Trinajstić information content (AvgIpc) is 2.64. The predicted octanol–water partition coefficient (Wildman–Crippen LogP) is 2.34. The van der Waals surface area contributed by atoms with Gasteiger partial charge in [0.25, 0.3) is 0 Å². The van der Waals surface area contributed by atoms with Crippen molar-refractivity contribution in [3.8, 4) is 0 Å². The van der Waals surface area contributed by atoms with Gasteiger partial charge in [-0.15, -0.1) is 0 Å². The number of carbonyl (C=O) groups is 2. The SMILES string of the molecule is O=C(C1=CC(O)C(O)(C(=O)c2ccccc2)C=C1)c1ccccc1. The second kappa shape index (κ2) is 6.35. The molecule has 0 bridgehead atoms. The van der Waals surface area contributed by atoms with Crippen molar-refractivity contribution < 1.29 is 19.8 Å². The van der Waals surface area contributed by atoms with Crippen LogP contribution in [0.25, 0.3) is 0 Å². The maximum atomic E-state index is 12.5. The van der Waals surface area contributed by atoms with Crippen LogP contribution in [0.3, 0.4) is 0 Å². The Morgan fingerprint density at radius 1 is 0.875 bits per heavy atom. The topological polar surface area (TPSA) is 74.6 Å². The summed E-state index contributed by atoms with van der Waals surface area (Å²) < 4.78 is 0. The third-order valence-corrected chi connectivity index (χ3v) is 4.00. The molecule has 0 saturated carbocycles. The van der Waals surface area contributed by atoms with Crippen LogP contribution in [-0.2, 0) is 0 Å². The fourth-order valence-corrected chi connectivity index (χ4v) is 2.61. The fraction of sp³-hybridized carbons (Fsp3) is 0.100. The molecule has 2 N–H and O–H groups in total. The zero-order valence-corrected chi connectivity index (χ0v) is 12.8. The number of benzene rings is 2. The summed E-state index contributed by atoms with van der Waals surface area (Å²) in [5.41, 5.74) is -1.09. The summed E-state index contributed by atoms with van der Waals surface area (Å²) in [5.74, 6) is -0.894. The largest absolute Gasteiger partial charge is 0.385 e. The van der Waals surface area contributed by atoms with Crippen molar-refractivity contribution in [3.63, 3.8) is 0 Å². The van der Waals surface area contributed by atoms with E-state index < -0.39 is 17.5 Å². The molecule has 4 nitrogen and oxygen atoms in total. The van der Waals surface area contributed by atoms with Gasteiger partial charge in [-0.05, 0) is 12.2 Å². The molecule has 3 rings (SSSR count). The molecular weight excluding hydrogens is 304 g/mol. The van der Waals surface area contributed by atoms with Gasteiger partial charge in [0.2, 0.25) is 5.78 Å². The minimum absolute atomic E-state index is 0.235. The highest BCUT2D eigenvalue weighted by molar-refractivity contribution is 6.12. The molecule has 2 atom stereocenters. The Kier molecular flexibility index (Phi) is 4.25. The Labute approximate surface area is 139 Å². The lowest BCUT2D eigenvalue weighted by atomic mass is 9.82. The lowest BCUT2D eigenvalue weighted by Crippen LogP contribution is -2.48. The molecule has 0 amide bonds. The standard InChI is InChI=1S/C20H16O4/c21-17-13-16(18(22)14-7-3-1-4-8-14)11-12-20(17,24)19(23)15-9-5-2-6-10-15/h1-13,17,21,24H. The first-order valence-electron chi connectivity index (χ1n) is 7.53. The van der Waals surface area contributed by atoms with Crippen LogP contribution in [0.2, 0.25) is 0 Å². The van der Waals surface area contributed by atoms with Crippen molar-refractivity contribution in [1.82, 2.24) is 0 Å². The molecule has 0 spiro atoms. The van der Waals surface area contributed by atoms with Crippen molar-refractivity contribution in [2.45, 2.75) is 11.7 Å². The Balaban J connectivity index is 1.87. The lowest BCUT2D eigenvalue weighted by Gasteiger charge is -2.30. The first-order valence-corrected chi connectivity index (χ1v) is 7.53. The second-order valence-corrected chi connectivity index (χ2v) is 5.62. The fourth-order valence-electron chi connectivity index (χ4n) is 2.61. The third-order valence-electron chi connectivity index (χ3n) is 4.00. The third kappa shape index (κ3) is 2.85. The van der Waals surface area contributed by atoms with Crippen molar-refractivity contribution in [2.75, 3.05) is 0 Å². The number of rotatable bonds is 4. The monoisotopic (exact) mass is 320 g/mol. The van der Waals surface area contributed by atoms with Crippen molar-refractivity contribution in [2.24, 2.45) is 0 Å². The summed E-state index contributed by atoms with van der Waals surface area (Å²) in [7, 11) is 0. The van der Waals surface area contributed by atoms with Crippen LogP contribution in [0.15, 0.2) is 84.5 Å². The van der Waals surface area contributed by atoms with Gasteiger partial charge in [0.05, 0.1) is 0 Å². The van der Waals surface area contributed by atoms with Gasteiger partial charge >= 0.3 is 0 Å². The molecule has 0 heterocycles. The van der Waals surface area contributed by atoms with Gasteiger partial charge in [-0.1, -0.05) is 66.7 Å². The van der Waals surface area contributed by atoms with Crippen LogP contribution in [0.5, 0.6) is 0 Å². The average molecular weight is 320 g/mol. The quantitative estimate of drug-likeness (QED) is 0.848. The molecule has 1 aliphatic rings. The predicted molar refractivity (Wildman–Crippen MR) is 89.7 cm³/mol. The van der Waals surface area contributed by atoms with Crippen molar-refractivity contribution >= 4 is 11.6 Å². The van der Waals surface area contributed by atoms with Gasteiger partial charge in [-0.25, -0.2) is 0 Å². The van der Waals surface area contributed by atoms with E-state index >= 15 is 0 Å². The molecular formula is C20H16O4. The van der Waals surface area contributed by atoms with Gasteiger partial charge in [-0.2, -0.15) is 0 Å². The molecule has 0 radical (unpaired) electrons. The molecule has 0 saturated heterocycles. The van der Waals surface area contributed by atoms with Crippen LogP contribution in [0.1, 0.15) is 20.7 Å². The molecule has 1 aliphatic carbocycles. The number of allylic oxidation sites excluding steroid dienone is 2. The highest BCUT2D eigenvalue weighted by Crippen LogP contribution is 2.27. The van der Waals surface area contributed by atoms with Crippen LogP contribution in [-0.4, -0.2) is 33.5 Å². The van der Waals surface area contributed by atoms with Gasteiger partial charge in [0.15, 0.2) is 11.4 Å². The van der Waals surface area contributed by atoms with E-state index in [1.165, 1.54) is 18.2 Å². The van der Waals surface area contributed by atoms with E-state index in [0.29, 0.717) is 5.56 Å². The number of ketones is 2. The highest BCUT2D eigenvalue weighted by atomic mass is 16.3. The number of carbonyl (C=O) groups excluding carboxylic acids is 2. The van der Waals surface area contributed by atoms with Crippen molar-refractivity contribution in [3.05, 3.63) is 95.6 Å². The molecule has 24 heavy (non-hydrogen) atoms. The summed E-state index contributed by atoms with van der Waals surface area (Å²) in [5, 5.41) is 20.9. The van der Waals surface area contributed by atoms with Crippen LogP contribution in [0.4, 0.5) is 0 Å². The molecule has 2 aromatic rings. The molecule has 0 fully saturated rings. The highest BCUT2D eigenvalue weighted by Gasteiger charge is 2.42. The maximum Gasteiger partial charge on any atom is 0.201 e. The summed E-state index contributed by atoms with van der Waals surface area (Å²) in [6, 6.07) is 16.9. The van der Waals surface area contributed by atoms with E-state index in [-0.39, 0.29) is 16.9 Å². The van der Waals surface area contributed by atoms with Crippen LogP contribution < -0.4 is 0 Å². The summed E-state index contributed by atoms with van der Waals surface area (Å²) in [6.07, 6.45) is 2.28. The zero-order valence-electron chi connectivity index (χ0n) is 12.8. The van der Waals surface area contributed by atoms with E-state index in [9.17, 15) is 19.8 Å². The van der Waals surface area contributed by atoms with E-state index in [0.717, 1.165) is 0 Å². The van der Waals surface area contributed by atoms with Gasteiger partial charge in [0.1, 0.15) is 6.10 Å².